The van der Waals surface area contributed by atoms with Crippen molar-refractivity contribution in [3.05, 3.63) is 35.4 Å². The predicted octanol–water partition coefficient (Wildman–Crippen LogP) is 1.95. The molecule has 0 spiro atoms. The number of aliphatic hydroxyl groups excluding tert-OH is 1. The lowest BCUT2D eigenvalue weighted by Gasteiger charge is -2.13. The van der Waals surface area contributed by atoms with Crippen molar-refractivity contribution in [2.45, 2.75) is 52.3 Å². The minimum Gasteiger partial charge on any atom is -0.392 e. The summed E-state index contributed by atoms with van der Waals surface area (Å²) in [4.78, 5) is 11.9. The van der Waals surface area contributed by atoms with E-state index in [4.69, 9.17) is 10.8 Å². The van der Waals surface area contributed by atoms with E-state index in [-0.39, 0.29) is 24.5 Å². The summed E-state index contributed by atoms with van der Waals surface area (Å²) in [5.41, 5.74) is 7.61. The van der Waals surface area contributed by atoms with E-state index in [2.05, 4.69) is 5.32 Å². The van der Waals surface area contributed by atoms with E-state index in [9.17, 15) is 4.79 Å². The maximum Gasteiger partial charge on any atom is 0.223 e. The first-order valence-corrected chi connectivity index (χ1v) is 7.25. The van der Waals surface area contributed by atoms with E-state index < -0.39 is 0 Å². The fourth-order valence-corrected chi connectivity index (χ4v) is 2.00. The molecule has 4 N–H and O–H groups in total. The Kier molecular flexibility index (Phi) is 7.26. The van der Waals surface area contributed by atoms with Gasteiger partial charge in [0.1, 0.15) is 0 Å². The summed E-state index contributed by atoms with van der Waals surface area (Å²) in [7, 11) is 0. The van der Waals surface area contributed by atoms with Crippen molar-refractivity contribution in [1.29, 1.82) is 0 Å². The monoisotopic (exact) mass is 278 g/mol. The first-order chi connectivity index (χ1) is 9.52. The first kappa shape index (κ1) is 16.7. The number of nitrogens with one attached hydrogen (secondary N) is 1. The lowest BCUT2D eigenvalue weighted by molar-refractivity contribution is -0.124. The molecule has 2 atom stereocenters. The molecule has 0 saturated carbocycles. The second-order valence-electron chi connectivity index (χ2n) is 5.50. The number of carbonyl (C=O) groups excluding carboxylic acids is 1. The van der Waals surface area contributed by atoms with E-state index in [0.717, 1.165) is 30.4 Å². The van der Waals surface area contributed by atoms with E-state index in [1.807, 2.05) is 38.1 Å². The average Bonchev–Trinajstić information content (AvgIpc) is 2.44. The lowest BCUT2D eigenvalue weighted by atomic mass is 10.0. The minimum absolute atomic E-state index is 0.0189. The molecule has 0 aliphatic carbocycles. The lowest BCUT2D eigenvalue weighted by Crippen LogP contribution is -2.29. The van der Waals surface area contributed by atoms with Gasteiger partial charge in [-0.2, -0.15) is 0 Å². The van der Waals surface area contributed by atoms with Crippen LogP contribution in [0.2, 0.25) is 0 Å². The van der Waals surface area contributed by atoms with Crippen molar-refractivity contribution in [3.8, 4) is 0 Å². The molecule has 0 aliphatic heterocycles. The van der Waals surface area contributed by atoms with E-state index in [1.165, 1.54) is 0 Å². The zero-order chi connectivity index (χ0) is 15.0. The topological polar surface area (TPSA) is 75.4 Å². The Morgan fingerprint density at radius 1 is 1.20 bits per heavy atom. The number of aliphatic hydroxyl groups is 1. The van der Waals surface area contributed by atoms with E-state index >= 15 is 0 Å². The third-order valence-corrected chi connectivity index (χ3v) is 3.42. The molecule has 112 valence electrons. The molecule has 1 aromatic rings. The SMILES string of the molecule is CC(N)CCCC(C)C(=O)NCc1ccc(CO)cc1. The standard InChI is InChI=1S/C16H26N2O2/c1-12(4-3-5-13(2)17)16(20)18-10-14-6-8-15(11-19)9-7-14/h6-9,12-13,19H,3-5,10-11,17H2,1-2H3,(H,18,20). The number of rotatable bonds is 8. The first-order valence-electron chi connectivity index (χ1n) is 7.25. The average molecular weight is 278 g/mol. The van der Waals surface area contributed by atoms with Crippen molar-refractivity contribution in [2.75, 3.05) is 0 Å². The third-order valence-electron chi connectivity index (χ3n) is 3.42. The van der Waals surface area contributed by atoms with E-state index in [0.29, 0.717) is 6.54 Å². The summed E-state index contributed by atoms with van der Waals surface area (Å²) < 4.78 is 0. The fraction of sp³-hybridized carbons (Fsp3) is 0.562. The molecule has 0 aromatic heterocycles. The molecular formula is C16H26N2O2. The van der Waals surface area contributed by atoms with Crippen molar-refractivity contribution >= 4 is 5.91 Å². The molecular weight excluding hydrogens is 252 g/mol. The van der Waals surface area contributed by atoms with Crippen LogP contribution < -0.4 is 11.1 Å². The summed E-state index contributed by atoms with van der Waals surface area (Å²) in [6.07, 6.45) is 2.81. The molecule has 0 fully saturated rings. The van der Waals surface area contributed by atoms with Gasteiger partial charge in [-0.3, -0.25) is 4.79 Å². The van der Waals surface area contributed by atoms with Crippen LogP contribution in [0.4, 0.5) is 0 Å². The van der Waals surface area contributed by atoms with Crippen molar-refractivity contribution in [1.82, 2.24) is 5.32 Å². The Balaban J connectivity index is 2.30. The molecule has 1 amide bonds. The van der Waals surface area contributed by atoms with Gasteiger partial charge in [-0.25, -0.2) is 0 Å². The van der Waals surface area contributed by atoms with Gasteiger partial charge in [-0.15, -0.1) is 0 Å². The highest BCUT2D eigenvalue weighted by Crippen LogP contribution is 2.10. The summed E-state index contributed by atoms with van der Waals surface area (Å²) in [5.74, 6) is 0.103. The van der Waals surface area contributed by atoms with Crippen molar-refractivity contribution in [3.63, 3.8) is 0 Å². The van der Waals surface area contributed by atoms with Gasteiger partial charge >= 0.3 is 0 Å². The van der Waals surface area contributed by atoms with Gasteiger partial charge < -0.3 is 16.2 Å². The third kappa shape index (κ3) is 6.17. The highest BCUT2D eigenvalue weighted by Gasteiger charge is 2.12. The maximum atomic E-state index is 11.9. The van der Waals surface area contributed by atoms with Gasteiger partial charge in [-0.1, -0.05) is 37.6 Å². The second kappa shape index (κ2) is 8.72. The van der Waals surface area contributed by atoms with Crippen LogP contribution in [0.5, 0.6) is 0 Å². The fourth-order valence-electron chi connectivity index (χ4n) is 2.00. The molecule has 4 heteroatoms. The molecule has 20 heavy (non-hydrogen) atoms. The normalized spacial score (nSPS) is 13.8. The largest absolute Gasteiger partial charge is 0.392 e. The van der Waals surface area contributed by atoms with Crippen LogP contribution in [0.25, 0.3) is 0 Å². The molecule has 4 nitrogen and oxygen atoms in total. The summed E-state index contributed by atoms with van der Waals surface area (Å²) in [6.45, 7) is 4.51. The van der Waals surface area contributed by atoms with Crippen molar-refractivity contribution < 1.29 is 9.90 Å². The van der Waals surface area contributed by atoms with Crippen LogP contribution >= 0.6 is 0 Å². The van der Waals surface area contributed by atoms with Crippen LogP contribution in [-0.2, 0) is 17.9 Å². The molecule has 0 aliphatic rings. The van der Waals surface area contributed by atoms with Gasteiger partial charge in [0.05, 0.1) is 6.61 Å². The smallest absolute Gasteiger partial charge is 0.223 e. The number of hydrogen-bond donors (Lipinski definition) is 3. The number of carbonyl (C=O) groups is 1. The molecule has 1 aromatic carbocycles. The van der Waals surface area contributed by atoms with Crippen LogP contribution in [0.1, 0.15) is 44.2 Å². The number of amides is 1. The predicted molar refractivity (Wildman–Crippen MR) is 80.9 cm³/mol. The van der Waals surface area contributed by atoms with E-state index in [1.54, 1.807) is 0 Å². The van der Waals surface area contributed by atoms with Gasteiger partial charge in [0, 0.05) is 18.5 Å². The number of benzene rings is 1. The molecule has 2 unspecified atom stereocenters. The summed E-state index contributed by atoms with van der Waals surface area (Å²) >= 11 is 0. The molecule has 0 radical (unpaired) electrons. The van der Waals surface area contributed by atoms with Crippen LogP contribution in [-0.4, -0.2) is 17.1 Å². The Hall–Kier alpha value is -1.39. The number of nitrogens with two attached hydrogens (primary N) is 1. The molecule has 1 rings (SSSR count). The van der Waals surface area contributed by atoms with Crippen LogP contribution in [0, 0.1) is 5.92 Å². The van der Waals surface area contributed by atoms with Gasteiger partial charge in [0.2, 0.25) is 5.91 Å². The van der Waals surface area contributed by atoms with Crippen LogP contribution in [0.15, 0.2) is 24.3 Å². The Morgan fingerprint density at radius 2 is 1.80 bits per heavy atom. The van der Waals surface area contributed by atoms with Crippen LogP contribution in [0.3, 0.4) is 0 Å². The zero-order valence-corrected chi connectivity index (χ0v) is 12.4. The maximum absolute atomic E-state index is 11.9. The Labute approximate surface area is 121 Å². The summed E-state index contributed by atoms with van der Waals surface area (Å²) in [5, 5.41) is 11.9. The highest BCUT2D eigenvalue weighted by atomic mass is 16.3. The van der Waals surface area contributed by atoms with Gasteiger partial charge in [-0.05, 0) is 30.9 Å². The second-order valence-corrected chi connectivity index (χ2v) is 5.50. The number of hydrogen-bond acceptors (Lipinski definition) is 3. The minimum atomic E-state index is 0.0189. The Bertz CT molecular complexity index is 401. The van der Waals surface area contributed by atoms with Gasteiger partial charge in [0.15, 0.2) is 0 Å². The quantitative estimate of drug-likeness (QED) is 0.680. The molecule has 0 saturated heterocycles. The van der Waals surface area contributed by atoms with Gasteiger partial charge in [0.25, 0.3) is 0 Å². The summed E-state index contributed by atoms with van der Waals surface area (Å²) in [6, 6.07) is 7.79. The zero-order valence-electron chi connectivity index (χ0n) is 12.4. The van der Waals surface area contributed by atoms with Crippen molar-refractivity contribution in [2.24, 2.45) is 11.7 Å². The molecule has 0 heterocycles. The molecule has 0 bridgehead atoms. The Morgan fingerprint density at radius 3 is 2.35 bits per heavy atom. The highest BCUT2D eigenvalue weighted by molar-refractivity contribution is 5.78.